The Kier molecular flexibility index (Phi) is 4.03. The fourth-order valence-corrected chi connectivity index (χ4v) is 2.76. The molecular formula is C20H21N. The van der Waals surface area contributed by atoms with Crippen molar-refractivity contribution < 1.29 is 0 Å². The topological polar surface area (TPSA) is 12.0 Å². The monoisotopic (exact) mass is 275 g/mol. The second-order valence-corrected chi connectivity index (χ2v) is 5.46. The van der Waals surface area contributed by atoms with Crippen molar-refractivity contribution in [1.82, 2.24) is 5.32 Å². The zero-order valence-electron chi connectivity index (χ0n) is 12.6. The van der Waals surface area contributed by atoms with Crippen LogP contribution in [0, 0.1) is 0 Å². The lowest BCUT2D eigenvalue weighted by Crippen LogP contribution is -2.17. The second kappa shape index (κ2) is 6.11. The third-order valence-corrected chi connectivity index (χ3v) is 4.00. The molecule has 106 valence electrons. The standard InChI is InChI=1S/C20H21N/c1-3-21-15(2)16-8-10-18(11-9-16)20-13-12-17-6-4-5-7-19(17)14-20/h4-15,21H,3H2,1-2H3. The highest BCUT2D eigenvalue weighted by Gasteiger charge is 2.04. The van der Waals surface area contributed by atoms with Gasteiger partial charge in [0.2, 0.25) is 0 Å². The van der Waals surface area contributed by atoms with Crippen LogP contribution in [0.4, 0.5) is 0 Å². The normalized spacial score (nSPS) is 12.5. The van der Waals surface area contributed by atoms with Gasteiger partial charge in [0.05, 0.1) is 0 Å². The third kappa shape index (κ3) is 2.98. The summed E-state index contributed by atoms with van der Waals surface area (Å²) in [5.74, 6) is 0. The van der Waals surface area contributed by atoms with Gasteiger partial charge in [0.15, 0.2) is 0 Å². The van der Waals surface area contributed by atoms with Crippen LogP contribution in [0.3, 0.4) is 0 Å². The molecule has 0 amide bonds. The van der Waals surface area contributed by atoms with Crippen LogP contribution in [0.5, 0.6) is 0 Å². The largest absolute Gasteiger partial charge is 0.310 e. The molecule has 1 N–H and O–H groups in total. The van der Waals surface area contributed by atoms with Crippen LogP contribution in [0.25, 0.3) is 21.9 Å². The van der Waals surface area contributed by atoms with Crippen molar-refractivity contribution in [1.29, 1.82) is 0 Å². The first-order valence-corrected chi connectivity index (χ1v) is 7.60. The molecule has 0 heterocycles. The Hall–Kier alpha value is -2.12. The molecule has 0 aliphatic heterocycles. The van der Waals surface area contributed by atoms with Crippen LogP contribution in [-0.4, -0.2) is 6.54 Å². The second-order valence-electron chi connectivity index (χ2n) is 5.46. The summed E-state index contributed by atoms with van der Waals surface area (Å²) in [6, 6.07) is 24.4. The van der Waals surface area contributed by atoms with E-state index in [1.807, 2.05) is 0 Å². The molecule has 0 aromatic heterocycles. The lowest BCUT2D eigenvalue weighted by Gasteiger charge is -2.13. The van der Waals surface area contributed by atoms with Crippen LogP contribution in [0.1, 0.15) is 25.5 Å². The first-order valence-electron chi connectivity index (χ1n) is 7.60. The molecule has 21 heavy (non-hydrogen) atoms. The molecule has 0 saturated heterocycles. The number of nitrogens with one attached hydrogen (secondary N) is 1. The van der Waals surface area contributed by atoms with Gasteiger partial charge in [-0.05, 0) is 47.0 Å². The zero-order valence-corrected chi connectivity index (χ0v) is 12.6. The van der Waals surface area contributed by atoms with Gasteiger partial charge in [-0.25, -0.2) is 0 Å². The Labute approximate surface area is 126 Å². The Balaban J connectivity index is 1.91. The number of hydrogen-bond donors (Lipinski definition) is 1. The molecule has 1 heteroatoms. The van der Waals surface area contributed by atoms with E-state index < -0.39 is 0 Å². The van der Waals surface area contributed by atoms with Crippen molar-refractivity contribution in [3.05, 3.63) is 72.3 Å². The van der Waals surface area contributed by atoms with Gasteiger partial charge in [-0.1, -0.05) is 67.6 Å². The summed E-state index contributed by atoms with van der Waals surface area (Å²) in [6.45, 7) is 5.34. The van der Waals surface area contributed by atoms with E-state index in [0.29, 0.717) is 6.04 Å². The van der Waals surface area contributed by atoms with Gasteiger partial charge in [-0.2, -0.15) is 0 Å². The Morgan fingerprint density at radius 3 is 2.19 bits per heavy atom. The van der Waals surface area contributed by atoms with E-state index in [0.717, 1.165) is 6.54 Å². The Morgan fingerprint density at radius 1 is 0.810 bits per heavy atom. The van der Waals surface area contributed by atoms with E-state index in [1.54, 1.807) is 0 Å². The van der Waals surface area contributed by atoms with Crippen molar-refractivity contribution in [2.45, 2.75) is 19.9 Å². The average molecular weight is 275 g/mol. The minimum absolute atomic E-state index is 0.403. The number of fused-ring (bicyclic) bond motifs is 1. The SMILES string of the molecule is CCNC(C)c1ccc(-c2ccc3ccccc3c2)cc1. The maximum atomic E-state index is 3.45. The predicted molar refractivity (Wildman–Crippen MR) is 91.5 cm³/mol. The minimum Gasteiger partial charge on any atom is -0.310 e. The molecular weight excluding hydrogens is 254 g/mol. The molecule has 0 radical (unpaired) electrons. The van der Waals surface area contributed by atoms with Crippen molar-refractivity contribution in [3.8, 4) is 11.1 Å². The quantitative estimate of drug-likeness (QED) is 0.692. The Bertz CT molecular complexity index is 728. The molecule has 1 nitrogen and oxygen atoms in total. The van der Waals surface area contributed by atoms with Crippen LogP contribution in [0.2, 0.25) is 0 Å². The van der Waals surface area contributed by atoms with Crippen LogP contribution >= 0.6 is 0 Å². The average Bonchev–Trinajstić information content (AvgIpc) is 2.55. The van der Waals surface area contributed by atoms with Gasteiger partial charge in [0.1, 0.15) is 0 Å². The van der Waals surface area contributed by atoms with E-state index in [4.69, 9.17) is 0 Å². The predicted octanol–water partition coefficient (Wildman–Crippen LogP) is 5.18. The highest BCUT2D eigenvalue weighted by Crippen LogP contribution is 2.25. The first kappa shape index (κ1) is 13.8. The molecule has 0 bridgehead atoms. The van der Waals surface area contributed by atoms with Gasteiger partial charge >= 0.3 is 0 Å². The van der Waals surface area contributed by atoms with E-state index in [2.05, 4.69) is 85.9 Å². The number of rotatable bonds is 4. The highest BCUT2D eigenvalue weighted by atomic mass is 14.9. The summed E-state index contributed by atoms with van der Waals surface area (Å²) in [5, 5.41) is 6.03. The fraction of sp³-hybridized carbons (Fsp3) is 0.200. The van der Waals surface area contributed by atoms with Gasteiger partial charge in [-0.15, -0.1) is 0 Å². The molecule has 1 atom stereocenters. The summed E-state index contributed by atoms with van der Waals surface area (Å²) in [4.78, 5) is 0. The maximum absolute atomic E-state index is 3.45. The minimum atomic E-state index is 0.403. The summed E-state index contributed by atoms with van der Waals surface area (Å²) >= 11 is 0. The summed E-state index contributed by atoms with van der Waals surface area (Å²) < 4.78 is 0. The lowest BCUT2D eigenvalue weighted by atomic mass is 9.99. The lowest BCUT2D eigenvalue weighted by molar-refractivity contribution is 0.598. The molecule has 0 fully saturated rings. The zero-order chi connectivity index (χ0) is 14.7. The van der Waals surface area contributed by atoms with Crippen molar-refractivity contribution in [2.75, 3.05) is 6.54 Å². The number of hydrogen-bond acceptors (Lipinski definition) is 1. The van der Waals surface area contributed by atoms with E-state index in [-0.39, 0.29) is 0 Å². The van der Waals surface area contributed by atoms with Gasteiger partial charge in [0, 0.05) is 6.04 Å². The molecule has 1 unspecified atom stereocenters. The molecule has 3 aromatic carbocycles. The fourth-order valence-electron chi connectivity index (χ4n) is 2.76. The summed E-state index contributed by atoms with van der Waals surface area (Å²) in [5.41, 5.74) is 3.88. The molecule has 0 spiro atoms. The molecule has 3 aromatic rings. The summed E-state index contributed by atoms with van der Waals surface area (Å²) in [6.07, 6.45) is 0. The van der Waals surface area contributed by atoms with E-state index in [1.165, 1.54) is 27.5 Å². The van der Waals surface area contributed by atoms with Gasteiger partial charge in [0.25, 0.3) is 0 Å². The van der Waals surface area contributed by atoms with Gasteiger partial charge in [-0.3, -0.25) is 0 Å². The van der Waals surface area contributed by atoms with Crippen LogP contribution < -0.4 is 5.32 Å². The van der Waals surface area contributed by atoms with Gasteiger partial charge < -0.3 is 5.32 Å². The van der Waals surface area contributed by atoms with E-state index in [9.17, 15) is 0 Å². The van der Waals surface area contributed by atoms with Crippen molar-refractivity contribution in [3.63, 3.8) is 0 Å². The Morgan fingerprint density at radius 2 is 1.48 bits per heavy atom. The highest BCUT2D eigenvalue weighted by molar-refractivity contribution is 5.87. The molecule has 0 aliphatic rings. The maximum Gasteiger partial charge on any atom is 0.0291 e. The van der Waals surface area contributed by atoms with E-state index >= 15 is 0 Å². The third-order valence-electron chi connectivity index (χ3n) is 4.00. The van der Waals surface area contributed by atoms with Crippen LogP contribution in [-0.2, 0) is 0 Å². The summed E-state index contributed by atoms with van der Waals surface area (Å²) in [7, 11) is 0. The molecule has 0 aliphatic carbocycles. The van der Waals surface area contributed by atoms with Crippen molar-refractivity contribution in [2.24, 2.45) is 0 Å². The molecule has 0 saturated carbocycles. The van der Waals surface area contributed by atoms with Crippen LogP contribution in [0.15, 0.2) is 66.7 Å². The number of benzene rings is 3. The first-order chi connectivity index (χ1) is 10.3. The smallest absolute Gasteiger partial charge is 0.0291 e. The molecule has 3 rings (SSSR count). The van der Waals surface area contributed by atoms with Crippen molar-refractivity contribution >= 4 is 10.8 Å².